The van der Waals surface area contributed by atoms with Crippen LogP contribution < -0.4 is 0 Å². The van der Waals surface area contributed by atoms with Crippen LogP contribution in [0.2, 0.25) is 0 Å². The predicted octanol–water partition coefficient (Wildman–Crippen LogP) is 0.790. The van der Waals surface area contributed by atoms with Crippen LogP contribution in [0.15, 0.2) is 0 Å². The van der Waals surface area contributed by atoms with E-state index in [4.69, 9.17) is 18.9 Å². The number of hydrogen-bond acceptors (Lipinski definition) is 6. The number of nitrogens with zero attached hydrogens (tertiary/aromatic N) is 2. The molecular weight excluding hydrogens is 340 g/mol. The van der Waals surface area contributed by atoms with Gasteiger partial charge in [-0.1, -0.05) is 0 Å². The lowest BCUT2D eigenvalue weighted by Gasteiger charge is -2.23. The van der Waals surface area contributed by atoms with E-state index in [0.717, 1.165) is 0 Å². The second-order valence-electron chi connectivity index (χ2n) is 5.94. The van der Waals surface area contributed by atoms with Gasteiger partial charge in [-0.25, -0.2) is 0 Å². The molecule has 0 heterocycles. The molecule has 0 aromatic carbocycles. The van der Waals surface area contributed by atoms with Gasteiger partial charge in [-0.3, -0.25) is 9.59 Å². The van der Waals surface area contributed by atoms with E-state index in [9.17, 15) is 9.59 Å². The number of rotatable bonds is 17. The van der Waals surface area contributed by atoms with E-state index >= 15 is 0 Å². The van der Waals surface area contributed by atoms with Crippen molar-refractivity contribution in [1.29, 1.82) is 0 Å². The van der Waals surface area contributed by atoms with Gasteiger partial charge in [0.25, 0.3) is 0 Å². The van der Waals surface area contributed by atoms with Crippen LogP contribution in [-0.2, 0) is 28.5 Å². The molecule has 0 atom stereocenters. The standard InChI is InChI=1S/C18H36N2O6/c1-23-13-9-19(10-14-24-2)17(21)7-5-6-8-18(22)20(11-15-25-3)12-16-26-4/h5-16H2,1-4H3. The molecule has 0 bridgehead atoms. The number of hydrogen-bond donors (Lipinski definition) is 0. The molecule has 0 fully saturated rings. The predicted molar refractivity (Wildman–Crippen MR) is 99.1 cm³/mol. The largest absolute Gasteiger partial charge is 0.383 e. The van der Waals surface area contributed by atoms with Crippen molar-refractivity contribution < 1.29 is 28.5 Å². The molecule has 0 aromatic heterocycles. The zero-order valence-electron chi connectivity index (χ0n) is 16.8. The summed E-state index contributed by atoms with van der Waals surface area (Å²) in [5.74, 6) is 0.143. The van der Waals surface area contributed by atoms with Crippen LogP contribution in [0.3, 0.4) is 0 Å². The first-order valence-electron chi connectivity index (χ1n) is 9.12. The Labute approximate surface area is 157 Å². The number of unbranched alkanes of at least 4 members (excludes halogenated alkanes) is 1. The van der Waals surface area contributed by atoms with Crippen LogP contribution in [0.4, 0.5) is 0 Å². The molecule has 0 aromatic rings. The van der Waals surface area contributed by atoms with Crippen molar-refractivity contribution >= 4 is 11.8 Å². The minimum Gasteiger partial charge on any atom is -0.383 e. The molecule has 0 spiro atoms. The van der Waals surface area contributed by atoms with Crippen molar-refractivity contribution in [3.63, 3.8) is 0 Å². The van der Waals surface area contributed by atoms with E-state index in [1.165, 1.54) is 0 Å². The van der Waals surface area contributed by atoms with Crippen molar-refractivity contribution in [2.75, 3.05) is 81.0 Å². The Kier molecular flexibility index (Phi) is 16.4. The van der Waals surface area contributed by atoms with Crippen LogP contribution in [0.25, 0.3) is 0 Å². The molecule has 0 unspecified atom stereocenters. The van der Waals surface area contributed by atoms with Gasteiger partial charge >= 0.3 is 0 Å². The normalized spacial score (nSPS) is 10.8. The summed E-state index contributed by atoms with van der Waals surface area (Å²) in [7, 11) is 6.46. The van der Waals surface area contributed by atoms with E-state index in [1.54, 1.807) is 38.2 Å². The third kappa shape index (κ3) is 12.2. The third-order valence-corrected chi connectivity index (χ3v) is 4.00. The van der Waals surface area contributed by atoms with Gasteiger partial charge in [0, 0.05) is 67.5 Å². The number of carbonyl (C=O) groups excluding carboxylic acids is 2. The zero-order valence-corrected chi connectivity index (χ0v) is 16.8. The summed E-state index contributed by atoms with van der Waals surface area (Å²) >= 11 is 0. The maximum Gasteiger partial charge on any atom is 0.222 e. The average Bonchev–Trinajstić information content (AvgIpc) is 2.65. The van der Waals surface area contributed by atoms with Crippen LogP contribution in [0, 0.1) is 0 Å². The molecule has 8 heteroatoms. The van der Waals surface area contributed by atoms with E-state index in [0.29, 0.717) is 78.3 Å². The van der Waals surface area contributed by atoms with E-state index in [1.807, 2.05) is 0 Å². The average molecular weight is 376 g/mol. The second kappa shape index (κ2) is 17.2. The Bertz CT molecular complexity index is 318. The summed E-state index contributed by atoms with van der Waals surface area (Å²) < 4.78 is 20.2. The van der Waals surface area contributed by atoms with Crippen LogP contribution in [0.1, 0.15) is 25.7 Å². The molecule has 26 heavy (non-hydrogen) atoms. The fourth-order valence-corrected chi connectivity index (χ4v) is 2.40. The molecule has 8 nitrogen and oxygen atoms in total. The SMILES string of the molecule is COCCN(CCOC)C(=O)CCCCC(=O)N(CCOC)CCOC. The Morgan fingerprint density at radius 1 is 0.577 bits per heavy atom. The lowest BCUT2D eigenvalue weighted by Crippen LogP contribution is -2.37. The van der Waals surface area contributed by atoms with Crippen LogP contribution in [0.5, 0.6) is 0 Å². The summed E-state index contributed by atoms with van der Waals surface area (Å²) in [5, 5.41) is 0. The lowest BCUT2D eigenvalue weighted by atomic mass is 10.1. The molecule has 0 N–H and O–H groups in total. The van der Waals surface area contributed by atoms with Gasteiger partial charge in [0.1, 0.15) is 0 Å². The first-order chi connectivity index (χ1) is 12.6. The number of amides is 2. The molecule has 0 aliphatic heterocycles. The molecule has 0 radical (unpaired) electrons. The summed E-state index contributed by atoms with van der Waals surface area (Å²) in [6, 6.07) is 0. The molecule has 154 valence electrons. The summed E-state index contributed by atoms with van der Waals surface area (Å²) in [5.41, 5.74) is 0. The van der Waals surface area contributed by atoms with Crippen molar-refractivity contribution in [2.45, 2.75) is 25.7 Å². The summed E-state index contributed by atoms with van der Waals surface area (Å²) in [4.78, 5) is 28.1. The Hall–Kier alpha value is -1.22. The van der Waals surface area contributed by atoms with E-state index in [-0.39, 0.29) is 11.8 Å². The van der Waals surface area contributed by atoms with Crippen molar-refractivity contribution in [2.24, 2.45) is 0 Å². The fourth-order valence-electron chi connectivity index (χ4n) is 2.40. The monoisotopic (exact) mass is 376 g/mol. The highest BCUT2D eigenvalue weighted by molar-refractivity contribution is 5.77. The van der Waals surface area contributed by atoms with Gasteiger partial charge in [-0.15, -0.1) is 0 Å². The number of methoxy groups -OCH3 is 4. The zero-order chi connectivity index (χ0) is 19.6. The molecule has 0 rings (SSSR count). The molecule has 2 amide bonds. The number of ether oxygens (including phenoxy) is 4. The van der Waals surface area contributed by atoms with Gasteiger partial charge in [0.2, 0.25) is 11.8 Å². The first-order valence-corrected chi connectivity index (χ1v) is 9.12. The Balaban J connectivity index is 4.20. The molecule has 0 aliphatic rings. The van der Waals surface area contributed by atoms with E-state index < -0.39 is 0 Å². The maximum absolute atomic E-state index is 12.3. The maximum atomic E-state index is 12.3. The highest BCUT2D eigenvalue weighted by atomic mass is 16.5. The summed E-state index contributed by atoms with van der Waals surface area (Å²) in [6.07, 6.45) is 2.22. The molecule has 0 saturated carbocycles. The first kappa shape index (κ1) is 24.8. The van der Waals surface area contributed by atoms with Crippen molar-refractivity contribution in [3.8, 4) is 0 Å². The lowest BCUT2D eigenvalue weighted by molar-refractivity contribution is -0.134. The topological polar surface area (TPSA) is 77.5 Å². The minimum atomic E-state index is 0.0715. The highest BCUT2D eigenvalue weighted by Crippen LogP contribution is 2.07. The number of carbonyl (C=O) groups is 2. The van der Waals surface area contributed by atoms with Crippen LogP contribution in [-0.4, -0.2) is 103 Å². The second-order valence-corrected chi connectivity index (χ2v) is 5.94. The van der Waals surface area contributed by atoms with Crippen LogP contribution >= 0.6 is 0 Å². The molecule has 0 aliphatic carbocycles. The molecule has 0 saturated heterocycles. The van der Waals surface area contributed by atoms with Gasteiger partial charge in [0.05, 0.1) is 26.4 Å². The highest BCUT2D eigenvalue weighted by Gasteiger charge is 2.15. The van der Waals surface area contributed by atoms with Gasteiger partial charge < -0.3 is 28.7 Å². The third-order valence-electron chi connectivity index (χ3n) is 4.00. The Morgan fingerprint density at radius 2 is 0.846 bits per heavy atom. The van der Waals surface area contributed by atoms with Gasteiger partial charge in [-0.2, -0.15) is 0 Å². The smallest absolute Gasteiger partial charge is 0.222 e. The van der Waals surface area contributed by atoms with Gasteiger partial charge in [0.15, 0.2) is 0 Å². The molecular formula is C18H36N2O6. The minimum absolute atomic E-state index is 0.0715. The van der Waals surface area contributed by atoms with Crippen molar-refractivity contribution in [1.82, 2.24) is 9.80 Å². The quantitative estimate of drug-likeness (QED) is 0.349. The Morgan fingerprint density at radius 3 is 1.08 bits per heavy atom. The van der Waals surface area contributed by atoms with Crippen molar-refractivity contribution in [3.05, 3.63) is 0 Å². The summed E-state index contributed by atoms with van der Waals surface area (Å²) in [6.45, 7) is 4.23. The van der Waals surface area contributed by atoms with E-state index in [2.05, 4.69) is 0 Å². The van der Waals surface area contributed by atoms with Gasteiger partial charge in [-0.05, 0) is 12.8 Å². The fraction of sp³-hybridized carbons (Fsp3) is 0.889.